The van der Waals surface area contributed by atoms with Crippen LogP contribution in [0, 0.1) is 0 Å². The average molecular weight is 371 g/mol. The molecule has 1 saturated heterocycles. The minimum absolute atomic E-state index is 0.108. The Hall–Kier alpha value is -1.87. The number of hydrogen-bond donors (Lipinski definition) is 1. The maximum Gasteiger partial charge on any atom is 0.289 e. The molecule has 1 N–H and O–H groups in total. The molecule has 2 rings (SSSR count). The number of unbranched alkanes of at least 4 members (excludes halogenated alkanes) is 1. The normalized spacial score (nSPS) is 16.0. The Morgan fingerprint density at radius 3 is 2.56 bits per heavy atom. The first kappa shape index (κ1) is 19.5. The van der Waals surface area contributed by atoms with Crippen LogP contribution in [0.4, 0.5) is 0 Å². The number of hydrogen-bond acceptors (Lipinski definition) is 5. The van der Waals surface area contributed by atoms with Gasteiger partial charge in [-0.15, -0.1) is 0 Å². The van der Waals surface area contributed by atoms with Crippen molar-refractivity contribution in [1.29, 1.82) is 0 Å². The smallest absolute Gasteiger partial charge is 0.289 e. The number of sulfonamides is 1. The van der Waals surface area contributed by atoms with Crippen LogP contribution in [0.15, 0.2) is 22.8 Å². The molecule has 0 saturated carbocycles. The minimum Gasteiger partial charge on any atom is -0.459 e. The SMILES string of the molecule is CCCCC(=O)NCCS(=O)(=O)N1CCN(C(=O)c2ccco2)CC1. The summed E-state index contributed by atoms with van der Waals surface area (Å²) < 4.78 is 31.1. The summed E-state index contributed by atoms with van der Waals surface area (Å²) in [6.07, 6.45) is 3.57. The van der Waals surface area contributed by atoms with E-state index < -0.39 is 10.0 Å². The molecule has 0 aliphatic carbocycles. The third-order valence-electron chi connectivity index (χ3n) is 4.09. The standard InChI is InChI=1S/C16H25N3O5S/c1-2-3-6-15(20)17-7-13-25(22,23)19-10-8-18(9-11-19)16(21)14-5-4-12-24-14/h4-5,12H,2-3,6-11,13H2,1H3,(H,17,20). The maximum absolute atomic E-state index is 12.3. The van der Waals surface area contributed by atoms with Crippen LogP contribution in [0.3, 0.4) is 0 Å². The Balaban J connectivity index is 1.77. The number of amides is 2. The summed E-state index contributed by atoms with van der Waals surface area (Å²) in [4.78, 5) is 25.3. The number of furan rings is 1. The van der Waals surface area contributed by atoms with Gasteiger partial charge in [0.1, 0.15) is 0 Å². The first-order valence-corrected chi connectivity index (χ1v) is 10.1. The third kappa shape index (κ3) is 5.57. The quantitative estimate of drug-likeness (QED) is 0.724. The number of carbonyl (C=O) groups excluding carboxylic acids is 2. The average Bonchev–Trinajstić information content (AvgIpc) is 3.14. The van der Waals surface area contributed by atoms with Crippen LogP contribution < -0.4 is 5.32 Å². The molecular weight excluding hydrogens is 346 g/mol. The molecule has 1 fully saturated rings. The summed E-state index contributed by atoms with van der Waals surface area (Å²) in [5.74, 6) is -0.223. The number of rotatable bonds is 8. The molecule has 2 heterocycles. The molecule has 0 spiro atoms. The van der Waals surface area contributed by atoms with Crippen LogP contribution in [0.5, 0.6) is 0 Å². The van der Waals surface area contributed by atoms with E-state index in [-0.39, 0.29) is 43.0 Å². The molecule has 9 heteroatoms. The van der Waals surface area contributed by atoms with Crippen LogP contribution in [-0.2, 0) is 14.8 Å². The van der Waals surface area contributed by atoms with Crippen molar-refractivity contribution in [2.24, 2.45) is 0 Å². The van der Waals surface area contributed by atoms with Crippen LogP contribution >= 0.6 is 0 Å². The fourth-order valence-electron chi connectivity index (χ4n) is 2.60. The molecule has 0 bridgehead atoms. The molecule has 0 radical (unpaired) electrons. The molecule has 1 aromatic rings. The van der Waals surface area contributed by atoms with Gasteiger partial charge in [0.15, 0.2) is 5.76 Å². The summed E-state index contributed by atoms with van der Waals surface area (Å²) in [5, 5.41) is 2.64. The molecule has 8 nitrogen and oxygen atoms in total. The van der Waals surface area contributed by atoms with E-state index in [1.165, 1.54) is 10.6 Å². The van der Waals surface area contributed by atoms with Crippen molar-refractivity contribution in [1.82, 2.24) is 14.5 Å². The van der Waals surface area contributed by atoms with Gasteiger partial charge in [0.05, 0.1) is 12.0 Å². The van der Waals surface area contributed by atoms with Gasteiger partial charge in [0.2, 0.25) is 15.9 Å². The van der Waals surface area contributed by atoms with Gasteiger partial charge in [0.25, 0.3) is 5.91 Å². The van der Waals surface area contributed by atoms with Crippen LogP contribution in [0.25, 0.3) is 0 Å². The molecule has 2 amide bonds. The van der Waals surface area contributed by atoms with E-state index in [9.17, 15) is 18.0 Å². The Morgan fingerprint density at radius 1 is 1.24 bits per heavy atom. The van der Waals surface area contributed by atoms with Gasteiger partial charge in [-0.05, 0) is 18.6 Å². The van der Waals surface area contributed by atoms with E-state index in [2.05, 4.69) is 5.32 Å². The summed E-state index contributed by atoms with van der Waals surface area (Å²) in [6, 6.07) is 3.23. The Kier molecular flexibility index (Phi) is 7.01. The first-order valence-electron chi connectivity index (χ1n) is 8.51. The molecule has 0 unspecified atom stereocenters. The van der Waals surface area contributed by atoms with Gasteiger partial charge in [-0.1, -0.05) is 13.3 Å². The van der Waals surface area contributed by atoms with Crippen molar-refractivity contribution < 1.29 is 22.4 Å². The monoisotopic (exact) mass is 371 g/mol. The highest BCUT2D eigenvalue weighted by Crippen LogP contribution is 2.12. The van der Waals surface area contributed by atoms with E-state index in [0.717, 1.165) is 12.8 Å². The van der Waals surface area contributed by atoms with Crippen LogP contribution in [0.2, 0.25) is 0 Å². The summed E-state index contributed by atoms with van der Waals surface area (Å²) in [7, 11) is -3.45. The molecule has 0 atom stereocenters. The lowest BCUT2D eigenvalue weighted by molar-refractivity contribution is -0.121. The molecular formula is C16H25N3O5S. The zero-order valence-electron chi connectivity index (χ0n) is 14.4. The van der Waals surface area contributed by atoms with Crippen molar-refractivity contribution in [3.8, 4) is 0 Å². The van der Waals surface area contributed by atoms with E-state index in [0.29, 0.717) is 19.5 Å². The van der Waals surface area contributed by atoms with Gasteiger partial charge < -0.3 is 14.6 Å². The van der Waals surface area contributed by atoms with Crippen molar-refractivity contribution in [2.75, 3.05) is 38.5 Å². The second-order valence-corrected chi connectivity index (χ2v) is 8.03. The highest BCUT2D eigenvalue weighted by atomic mass is 32.2. The second-order valence-electron chi connectivity index (χ2n) is 5.94. The second kappa shape index (κ2) is 9.00. The molecule has 1 aliphatic heterocycles. The number of carbonyl (C=O) groups is 2. The fraction of sp³-hybridized carbons (Fsp3) is 0.625. The van der Waals surface area contributed by atoms with Gasteiger partial charge in [0, 0.05) is 39.1 Å². The lowest BCUT2D eigenvalue weighted by Crippen LogP contribution is -2.51. The zero-order valence-corrected chi connectivity index (χ0v) is 15.3. The van der Waals surface area contributed by atoms with E-state index in [4.69, 9.17) is 4.42 Å². The predicted molar refractivity (Wildman–Crippen MR) is 92.5 cm³/mol. The van der Waals surface area contributed by atoms with Crippen molar-refractivity contribution in [3.63, 3.8) is 0 Å². The van der Waals surface area contributed by atoms with Gasteiger partial charge in [-0.3, -0.25) is 9.59 Å². The number of piperazine rings is 1. The summed E-state index contributed by atoms with van der Waals surface area (Å²) >= 11 is 0. The Bertz CT molecular complexity index is 664. The minimum atomic E-state index is -3.45. The Labute approximate surface area is 148 Å². The van der Waals surface area contributed by atoms with Crippen molar-refractivity contribution in [2.45, 2.75) is 26.2 Å². The van der Waals surface area contributed by atoms with Gasteiger partial charge >= 0.3 is 0 Å². The highest BCUT2D eigenvalue weighted by Gasteiger charge is 2.29. The Morgan fingerprint density at radius 2 is 1.96 bits per heavy atom. The molecule has 140 valence electrons. The van der Waals surface area contributed by atoms with Crippen molar-refractivity contribution in [3.05, 3.63) is 24.2 Å². The largest absolute Gasteiger partial charge is 0.459 e. The summed E-state index contributed by atoms with van der Waals surface area (Å²) in [6.45, 7) is 3.24. The topological polar surface area (TPSA) is 99.9 Å². The summed E-state index contributed by atoms with van der Waals surface area (Å²) in [5.41, 5.74) is 0. The zero-order chi connectivity index (χ0) is 18.3. The fourth-order valence-corrected chi connectivity index (χ4v) is 3.94. The lowest BCUT2D eigenvalue weighted by Gasteiger charge is -2.33. The van der Waals surface area contributed by atoms with E-state index in [1.54, 1.807) is 17.0 Å². The number of nitrogens with zero attached hydrogens (tertiary/aromatic N) is 2. The molecule has 1 aromatic heterocycles. The maximum atomic E-state index is 12.3. The van der Waals surface area contributed by atoms with E-state index >= 15 is 0 Å². The van der Waals surface area contributed by atoms with Crippen LogP contribution in [-0.4, -0.2) is 67.9 Å². The molecule has 0 aromatic carbocycles. The van der Waals surface area contributed by atoms with Crippen LogP contribution in [0.1, 0.15) is 36.7 Å². The number of nitrogens with one attached hydrogen (secondary N) is 1. The third-order valence-corrected chi connectivity index (χ3v) is 5.96. The molecule has 1 aliphatic rings. The molecule has 25 heavy (non-hydrogen) atoms. The van der Waals surface area contributed by atoms with Gasteiger partial charge in [-0.2, -0.15) is 4.31 Å². The van der Waals surface area contributed by atoms with Crippen molar-refractivity contribution >= 4 is 21.8 Å². The van der Waals surface area contributed by atoms with E-state index in [1.807, 2.05) is 6.92 Å². The first-order chi connectivity index (χ1) is 11.9. The highest BCUT2D eigenvalue weighted by molar-refractivity contribution is 7.89. The predicted octanol–water partition coefficient (Wildman–Crippen LogP) is 0.674. The lowest BCUT2D eigenvalue weighted by atomic mass is 10.2. The van der Waals surface area contributed by atoms with Gasteiger partial charge in [-0.25, -0.2) is 8.42 Å².